The Morgan fingerprint density at radius 1 is 1.29 bits per heavy atom. The Labute approximate surface area is 164 Å². The number of aryl methyl sites for hydroxylation is 2. The van der Waals surface area contributed by atoms with E-state index in [2.05, 4.69) is 29.4 Å². The van der Waals surface area contributed by atoms with Gasteiger partial charge in [0.1, 0.15) is 5.75 Å². The molecular weight excluding hydrogens is 354 g/mol. The van der Waals surface area contributed by atoms with Gasteiger partial charge in [-0.05, 0) is 49.9 Å². The number of rotatable bonds is 6. The van der Waals surface area contributed by atoms with Crippen molar-refractivity contribution in [2.45, 2.75) is 50.9 Å². The van der Waals surface area contributed by atoms with Crippen LogP contribution in [0.5, 0.6) is 5.75 Å². The van der Waals surface area contributed by atoms with E-state index >= 15 is 0 Å². The van der Waals surface area contributed by atoms with Gasteiger partial charge in [0.15, 0.2) is 0 Å². The molecule has 2 heterocycles. The van der Waals surface area contributed by atoms with E-state index in [0.717, 1.165) is 35.2 Å². The van der Waals surface area contributed by atoms with Gasteiger partial charge in [-0.25, -0.2) is 4.79 Å². The molecule has 3 atom stereocenters. The summed E-state index contributed by atoms with van der Waals surface area (Å²) in [5.41, 5.74) is 3.59. The average Bonchev–Trinajstić information content (AvgIpc) is 2.96. The van der Waals surface area contributed by atoms with Crippen LogP contribution in [0, 0.1) is 0 Å². The topological polar surface area (TPSA) is 79.3 Å². The van der Waals surface area contributed by atoms with Crippen LogP contribution in [0.25, 0.3) is 11.0 Å². The molecule has 3 N–H and O–H groups in total. The molecular formula is C22H27N3O3. The van der Waals surface area contributed by atoms with Crippen molar-refractivity contribution in [3.8, 4) is 5.75 Å². The van der Waals surface area contributed by atoms with Crippen LogP contribution < -0.4 is 15.7 Å². The lowest BCUT2D eigenvalue weighted by Crippen LogP contribution is -2.41. The number of aromatic nitrogens is 2. The highest BCUT2D eigenvalue weighted by Crippen LogP contribution is 2.30. The molecule has 148 valence electrons. The molecule has 0 radical (unpaired) electrons. The second-order valence-corrected chi connectivity index (χ2v) is 7.62. The number of aromatic amines is 1. The van der Waals surface area contributed by atoms with Gasteiger partial charge in [-0.2, -0.15) is 0 Å². The van der Waals surface area contributed by atoms with Crippen LogP contribution in [0.15, 0.2) is 47.3 Å². The molecule has 1 unspecified atom stereocenters. The van der Waals surface area contributed by atoms with E-state index < -0.39 is 6.10 Å². The molecule has 2 aromatic carbocycles. The summed E-state index contributed by atoms with van der Waals surface area (Å²) >= 11 is 0. The Hall–Kier alpha value is -2.57. The molecule has 0 saturated heterocycles. The van der Waals surface area contributed by atoms with Crippen LogP contribution in [0.3, 0.4) is 0 Å². The number of methoxy groups -OCH3 is 1. The number of hydrogen-bond donors (Lipinski definition) is 3. The molecule has 1 aliphatic rings. The van der Waals surface area contributed by atoms with Crippen LogP contribution >= 0.6 is 0 Å². The highest BCUT2D eigenvalue weighted by atomic mass is 16.5. The molecule has 1 aromatic heterocycles. The summed E-state index contributed by atoms with van der Waals surface area (Å²) in [5.74, 6) is 0.865. The van der Waals surface area contributed by atoms with Crippen molar-refractivity contribution in [2.24, 2.45) is 0 Å². The van der Waals surface area contributed by atoms with Crippen LogP contribution in [-0.2, 0) is 13.0 Å². The van der Waals surface area contributed by atoms with Crippen molar-refractivity contribution in [1.82, 2.24) is 14.9 Å². The highest BCUT2D eigenvalue weighted by Gasteiger charge is 2.29. The maximum absolute atomic E-state index is 12.2. The second-order valence-electron chi connectivity index (χ2n) is 7.62. The van der Waals surface area contributed by atoms with Crippen LogP contribution in [0.2, 0.25) is 0 Å². The summed E-state index contributed by atoms with van der Waals surface area (Å²) in [6, 6.07) is 14.0. The van der Waals surface area contributed by atoms with E-state index in [9.17, 15) is 9.90 Å². The first-order valence-electron chi connectivity index (χ1n) is 9.85. The Bertz CT molecular complexity index is 1010. The van der Waals surface area contributed by atoms with Crippen molar-refractivity contribution in [2.75, 3.05) is 7.11 Å². The van der Waals surface area contributed by atoms with Crippen molar-refractivity contribution in [3.05, 3.63) is 64.1 Å². The molecule has 0 fully saturated rings. The van der Waals surface area contributed by atoms with Crippen LogP contribution in [0.1, 0.15) is 37.0 Å². The van der Waals surface area contributed by atoms with Gasteiger partial charge in [-0.15, -0.1) is 0 Å². The standard InChI is InChI=1S/C22H27N3O3/c1-14(6-7-15-8-10-16(28-2)11-9-15)23-19-12-13-25-20-17(21(19)26)4-3-5-18(20)24-22(25)27/h3-5,8-11,14,19,21,23,26H,6-7,12-13H2,1-2H3,(H,24,27)/t14?,19-,21-/m1/s1. The Morgan fingerprint density at radius 3 is 2.82 bits per heavy atom. The predicted molar refractivity (Wildman–Crippen MR) is 110 cm³/mol. The minimum absolute atomic E-state index is 0.0873. The van der Waals surface area contributed by atoms with E-state index in [1.165, 1.54) is 5.56 Å². The first-order chi connectivity index (χ1) is 13.6. The van der Waals surface area contributed by atoms with Crippen LogP contribution in [0.4, 0.5) is 0 Å². The summed E-state index contributed by atoms with van der Waals surface area (Å²) < 4.78 is 6.95. The van der Waals surface area contributed by atoms with Gasteiger partial charge >= 0.3 is 5.69 Å². The third-order valence-corrected chi connectivity index (χ3v) is 5.71. The van der Waals surface area contributed by atoms with Gasteiger partial charge < -0.3 is 20.1 Å². The number of ether oxygens (including phenoxy) is 1. The van der Waals surface area contributed by atoms with E-state index in [1.807, 2.05) is 30.3 Å². The maximum Gasteiger partial charge on any atom is 0.326 e. The lowest BCUT2D eigenvalue weighted by Gasteiger charge is -2.26. The normalized spacial score (nSPS) is 20.1. The first kappa shape index (κ1) is 18.8. The minimum atomic E-state index is -0.643. The number of imidazole rings is 1. The third-order valence-electron chi connectivity index (χ3n) is 5.71. The molecule has 0 aliphatic carbocycles. The second kappa shape index (κ2) is 7.81. The number of aliphatic hydroxyl groups is 1. The molecule has 1 aliphatic heterocycles. The summed E-state index contributed by atoms with van der Waals surface area (Å²) in [4.78, 5) is 15.1. The number of aliphatic hydroxyl groups excluding tert-OH is 1. The molecule has 6 nitrogen and oxygen atoms in total. The largest absolute Gasteiger partial charge is 0.497 e. The van der Waals surface area contributed by atoms with Gasteiger partial charge in [0.2, 0.25) is 0 Å². The highest BCUT2D eigenvalue weighted by molar-refractivity contribution is 5.79. The summed E-state index contributed by atoms with van der Waals surface area (Å²) in [6.45, 7) is 2.74. The zero-order valence-corrected chi connectivity index (χ0v) is 16.3. The number of nitrogens with one attached hydrogen (secondary N) is 2. The summed E-state index contributed by atoms with van der Waals surface area (Å²) in [5, 5.41) is 14.6. The van der Waals surface area contributed by atoms with Gasteiger partial charge in [-0.3, -0.25) is 4.57 Å². The molecule has 6 heteroatoms. The van der Waals surface area contributed by atoms with Crippen molar-refractivity contribution < 1.29 is 9.84 Å². The van der Waals surface area contributed by atoms with Crippen molar-refractivity contribution in [1.29, 1.82) is 0 Å². The monoisotopic (exact) mass is 381 g/mol. The van der Waals surface area contributed by atoms with Gasteiger partial charge in [-0.1, -0.05) is 24.3 Å². The van der Waals surface area contributed by atoms with E-state index in [1.54, 1.807) is 11.7 Å². The van der Waals surface area contributed by atoms with Gasteiger partial charge in [0.25, 0.3) is 0 Å². The molecule has 0 saturated carbocycles. The Kier molecular flexibility index (Phi) is 5.24. The van der Waals surface area contributed by atoms with E-state index in [0.29, 0.717) is 13.0 Å². The smallest absolute Gasteiger partial charge is 0.326 e. The molecule has 28 heavy (non-hydrogen) atoms. The quantitative estimate of drug-likeness (QED) is 0.613. The zero-order valence-electron chi connectivity index (χ0n) is 16.3. The van der Waals surface area contributed by atoms with Gasteiger partial charge in [0.05, 0.1) is 24.2 Å². The molecule has 3 aromatic rings. The first-order valence-corrected chi connectivity index (χ1v) is 9.85. The lowest BCUT2D eigenvalue weighted by atomic mass is 9.98. The maximum atomic E-state index is 12.2. The number of hydrogen-bond acceptors (Lipinski definition) is 4. The minimum Gasteiger partial charge on any atom is -0.497 e. The molecule has 4 rings (SSSR count). The van der Waals surface area contributed by atoms with Crippen LogP contribution in [-0.4, -0.2) is 33.9 Å². The fraction of sp³-hybridized carbons (Fsp3) is 0.409. The third kappa shape index (κ3) is 3.57. The molecule has 0 spiro atoms. The van der Waals surface area contributed by atoms with Crippen molar-refractivity contribution in [3.63, 3.8) is 0 Å². The molecule has 0 amide bonds. The number of benzene rings is 2. The average molecular weight is 381 g/mol. The number of para-hydroxylation sites is 1. The fourth-order valence-electron chi connectivity index (χ4n) is 4.14. The number of nitrogens with zero attached hydrogens (tertiary/aromatic N) is 1. The van der Waals surface area contributed by atoms with Gasteiger partial charge in [0, 0.05) is 24.2 Å². The Morgan fingerprint density at radius 2 is 2.07 bits per heavy atom. The van der Waals surface area contributed by atoms with E-state index in [-0.39, 0.29) is 17.8 Å². The molecule has 0 bridgehead atoms. The van der Waals surface area contributed by atoms with Crippen molar-refractivity contribution >= 4 is 11.0 Å². The lowest BCUT2D eigenvalue weighted by molar-refractivity contribution is 0.119. The van der Waals surface area contributed by atoms with E-state index in [4.69, 9.17) is 4.74 Å². The SMILES string of the molecule is COc1ccc(CCC(C)N[C@@H]2CCn3c(=O)[nH]c4cccc(c43)[C@H]2O)cc1. The zero-order chi connectivity index (χ0) is 19.7. The Balaban J connectivity index is 1.44. The summed E-state index contributed by atoms with van der Waals surface area (Å²) in [6.07, 6.45) is 1.98. The predicted octanol–water partition coefficient (Wildman–Crippen LogP) is 2.75. The fourth-order valence-corrected chi connectivity index (χ4v) is 4.14. The number of H-pyrrole nitrogens is 1. The summed E-state index contributed by atoms with van der Waals surface area (Å²) in [7, 11) is 1.67.